The van der Waals surface area contributed by atoms with Gasteiger partial charge >= 0.3 is 0 Å². The number of halogens is 1. The molecule has 0 spiro atoms. The molecule has 0 saturated carbocycles. The van der Waals surface area contributed by atoms with Crippen molar-refractivity contribution in [1.82, 2.24) is 25.0 Å². The summed E-state index contributed by atoms with van der Waals surface area (Å²) in [4.78, 5) is 7.94. The Balaban J connectivity index is 1.78. The molecule has 8 heteroatoms. The van der Waals surface area contributed by atoms with Crippen LogP contribution in [0.2, 0.25) is 5.02 Å². The van der Waals surface area contributed by atoms with Crippen LogP contribution in [0.5, 0.6) is 0 Å². The molecule has 2 heterocycles. The van der Waals surface area contributed by atoms with E-state index in [1.54, 1.807) is 17.1 Å². The van der Waals surface area contributed by atoms with Crippen molar-refractivity contribution in [2.75, 3.05) is 11.1 Å². The summed E-state index contributed by atoms with van der Waals surface area (Å²) < 4.78 is 1.70. The van der Waals surface area contributed by atoms with Crippen molar-refractivity contribution in [2.24, 2.45) is 0 Å². The van der Waals surface area contributed by atoms with Gasteiger partial charge in [-0.1, -0.05) is 28.9 Å². The number of anilines is 2. The van der Waals surface area contributed by atoms with Gasteiger partial charge in [0.2, 0.25) is 0 Å². The lowest BCUT2D eigenvalue weighted by atomic mass is 10.1. The van der Waals surface area contributed by atoms with E-state index in [-0.39, 0.29) is 11.9 Å². The van der Waals surface area contributed by atoms with Gasteiger partial charge in [-0.05, 0) is 24.6 Å². The van der Waals surface area contributed by atoms with E-state index in [9.17, 15) is 0 Å². The van der Waals surface area contributed by atoms with Crippen molar-refractivity contribution in [3.05, 3.63) is 53.6 Å². The predicted molar refractivity (Wildman–Crippen MR) is 84.9 cm³/mol. The maximum absolute atomic E-state index is 6.09. The maximum atomic E-state index is 6.09. The number of nitrogens with zero attached hydrogens (tertiary/aromatic N) is 5. The summed E-state index contributed by atoms with van der Waals surface area (Å²) in [6.45, 7) is 2.01. The van der Waals surface area contributed by atoms with Crippen molar-refractivity contribution in [3.63, 3.8) is 0 Å². The monoisotopic (exact) mass is 315 g/mol. The van der Waals surface area contributed by atoms with Gasteiger partial charge in [-0.2, -0.15) is 0 Å². The summed E-state index contributed by atoms with van der Waals surface area (Å²) in [6, 6.07) is 7.97. The fraction of sp³-hybridized carbons (Fsp3) is 0.143. The number of benzene rings is 1. The standard InChI is InChI=1S/C14H14ClN7/c1-9(20-14-12(15)13(16)17-8-18-14)10-2-4-11(5-3-10)22-7-6-19-21-22/h2-9H,1H3,(H3,16,17,18,20)/t9-/m0/s1. The van der Waals surface area contributed by atoms with Crippen LogP contribution in [0.15, 0.2) is 43.0 Å². The van der Waals surface area contributed by atoms with Crippen LogP contribution in [0.4, 0.5) is 11.6 Å². The predicted octanol–water partition coefficient (Wildman–Crippen LogP) is 2.47. The van der Waals surface area contributed by atoms with Gasteiger partial charge in [0.25, 0.3) is 0 Å². The first-order valence-corrected chi connectivity index (χ1v) is 7.02. The van der Waals surface area contributed by atoms with E-state index < -0.39 is 0 Å². The number of aromatic nitrogens is 5. The highest BCUT2D eigenvalue weighted by Crippen LogP contribution is 2.27. The van der Waals surface area contributed by atoms with Crippen molar-refractivity contribution in [3.8, 4) is 5.69 Å². The molecule has 7 nitrogen and oxygen atoms in total. The summed E-state index contributed by atoms with van der Waals surface area (Å²) in [7, 11) is 0. The third-order valence-corrected chi connectivity index (χ3v) is 3.62. The van der Waals surface area contributed by atoms with Gasteiger partial charge < -0.3 is 11.1 Å². The van der Waals surface area contributed by atoms with Crippen LogP contribution in [0, 0.1) is 0 Å². The Morgan fingerprint density at radius 3 is 2.68 bits per heavy atom. The van der Waals surface area contributed by atoms with E-state index in [2.05, 4.69) is 25.6 Å². The van der Waals surface area contributed by atoms with E-state index in [1.165, 1.54) is 6.33 Å². The molecule has 0 amide bonds. The molecule has 3 N–H and O–H groups in total. The van der Waals surface area contributed by atoms with Crippen molar-refractivity contribution < 1.29 is 0 Å². The smallest absolute Gasteiger partial charge is 0.150 e. The van der Waals surface area contributed by atoms with Gasteiger partial charge in [0.15, 0.2) is 5.82 Å². The SMILES string of the molecule is C[C@H](Nc1ncnc(N)c1Cl)c1ccc(-n2ccnn2)cc1. The van der Waals surface area contributed by atoms with Gasteiger partial charge in [-0.3, -0.25) is 0 Å². The molecule has 0 radical (unpaired) electrons. The van der Waals surface area contributed by atoms with E-state index in [0.717, 1.165) is 11.3 Å². The van der Waals surface area contributed by atoms with Crippen molar-refractivity contribution in [2.45, 2.75) is 13.0 Å². The fourth-order valence-electron chi connectivity index (χ4n) is 2.03. The molecule has 0 saturated heterocycles. The highest BCUT2D eigenvalue weighted by atomic mass is 35.5. The van der Waals surface area contributed by atoms with Crippen LogP contribution >= 0.6 is 11.6 Å². The zero-order valence-electron chi connectivity index (χ0n) is 11.8. The van der Waals surface area contributed by atoms with E-state index in [4.69, 9.17) is 17.3 Å². The van der Waals surface area contributed by atoms with Gasteiger partial charge in [0, 0.05) is 6.04 Å². The Morgan fingerprint density at radius 2 is 2.00 bits per heavy atom. The van der Waals surface area contributed by atoms with Gasteiger partial charge in [0.05, 0.1) is 18.1 Å². The zero-order valence-corrected chi connectivity index (χ0v) is 12.6. The highest BCUT2D eigenvalue weighted by Gasteiger charge is 2.11. The second kappa shape index (κ2) is 5.98. The summed E-state index contributed by atoms with van der Waals surface area (Å²) in [5.74, 6) is 0.773. The topological polar surface area (TPSA) is 94.5 Å². The minimum absolute atomic E-state index is 0.0107. The summed E-state index contributed by atoms with van der Waals surface area (Å²) in [5.41, 5.74) is 7.69. The molecule has 22 heavy (non-hydrogen) atoms. The highest BCUT2D eigenvalue weighted by molar-refractivity contribution is 6.35. The Kier molecular flexibility index (Phi) is 3.88. The molecule has 1 atom stereocenters. The Morgan fingerprint density at radius 1 is 1.23 bits per heavy atom. The van der Waals surface area contributed by atoms with E-state index >= 15 is 0 Å². The lowest BCUT2D eigenvalue weighted by Gasteiger charge is -2.16. The lowest BCUT2D eigenvalue weighted by molar-refractivity contribution is 0.800. The quantitative estimate of drug-likeness (QED) is 0.768. The molecule has 2 aromatic heterocycles. The van der Waals surface area contributed by atoms with Crippen LogP contribution < -0.4 is 11.1 Å². The number of hydrogen-bond donors (Lipinski definition) is 2. The van der Waals surface area contributed by atoms with E-state index in [1.807, 2.05) is 31.2 Å². The average molecular weight is 316 g/mol. The third-order valence-electron chi connectivity index (χ3n) is 3.25. The molecule has 0 fully saturated rings. The summed E-state index contributed by atoms with van der Waals surface area (Å²) in [6.07, 6.45) is 4.81. The maximum Gasteiger partial charge on any atom is 0.150 e. The molecule has 3 aromatic rings. The first-order chi connectivity index (χ1) is 10.6. The lowest BCUT2D eigenvalue weighted by Crippen LogP contribution is -2.09. The van der Waals surface area contributed by atoms with Crippen LogP contribution in [0.3, 0.4) is 0 Å². The average Bonchev–Trinajstić information content (AvgIpc) is 3.06. The molecule has 0 bridgehead atoms. The molecule has 0 unspecified atom stereocenters. The zero-order chi connectivity index (χ0) is 15.5. The Labute approximate surface area is 132 Å². The minimum atomic E-state index is 0.0107. The number of nitrogens with two attached hydrogens (primary N) is 1. The Bertz CT molecular complexity index is 755. The first-order valence-electron chi connectivity index (χ1n) is 6.64. The molecule has 1 aromatic carbocycles. The number of rotatable bonds is 4. The second-order valence-corrected chi connectivity index (χ2v) is 5.10. The Hall–Kier alpha value is -2.67. The fourth-order valence-corrected chi connectivity index (χ4v) is 2.19. The molecule has 0 aliphatic heterocycles. The normalized spacial score (nSPS) is 12.1. The van der Waals surface area contributed by atoms with Crippen LogP contribution in [0.25, 0.3) is 5.69 Å². The molecular formula is C14H14ClN7. The van der Waals surface area contributed by atoms with Crippen LogP contribution in [0.1, 0.15) is 18.5 Å². The van der Waals surface area contributed by atoms with E-state index in [0.29, 0.717) is 10.8 Å². The third kappa shape index (κ3) is 2.84. The second-order valence-electron chi connectivity index (χ2n) is 4.73. The molecular weight excluding hydrogens is 302 g/mol. The number of hydrogen-bond acceptors (Lipinski definition) is 6. The van der Waals surface area contributed by atoms with Crippen molar-refractivity contribution >= 4 is 23.2 Å². The van der Waals surface area contributed by atoms with Crippen LogP contribution in [-0.4, -0.2) is 25.0 Å². The molecule has 112 valence electrons. The summed E-state index contributed by atoms with van der Waals surface area (Å²) in [5, 5.41) is 11.3. The summed E-state index contributed by atoms with van der Waals surface area (Å²) >= 11 is 6.09. The van der Waals surface area contributed by atoms with Gasteiger partial charge in [0.1, 0.15) is 17.2 Å². The molecule has 3 rings (SSSR count). The number of nitrogens with one attached hydrogen (secondary N) is 1. The molecule has 0 aliphatic carbocycles. The largest absolute Gasteiger partial charge is 0.382 e. The van der Waals surface area contributed by atoms with Crippen molar-refractivity contribution in [1.29, 1.82) is 0 Å². The first kappa shape index (κ1) is 14.3. The minimum Gasteiger partial charge on any atom is -0.382 e. The molecule has 0 aliphatic rings. The van der Waals surface area contributed by atoms with Gasteiger partial charge in [-0.15, -0.1) is 5.10 Å². The van der Waals surface area contributed by atoms with Crippen LogP contribution in [-0.2, 0) is 0 Å². The van der Waals surface area contributed by atoms with Gasteiger partial charge in [-0.25, -0.2) is 14.6 Å². The number of nitrogen functional groups attached to an aromatic ring is 1.